The quantitative estimate of drug-likeness (QED) is 0.655. The van der Waals surface area contributed by atoms with Crippen molar-refractivity contribution in [1.29, 1.82) is 0 Å². The molecule has 26 heavy (non-hydrogen) atoms. The molecule has 0 saturated carbocycles. The van der Waals surface area contributed by atoms with E-state index >= 15 is 0 Å². The number of aryl methyl sites for hydroxylation is 1. The molecule has 0 spiro atoms. The summed E-state index contributed by atoms with van der Waals surface area (Å²) in [5.74, 6) is 1.96. The summed E-state index contributed by atoms with van der Waals surface area (Å²) in [7, 11) is 3.46. The maximum atomic E-state index is 12.5. The lowest BCUT2D eigenvalue weighted by atomic mass is 10.1. The summed E-state index contributed by atoms with van der Waals surface area (Å²) >= 11 is 0. The van der Waals surface area contributed by atoms with Gasteiger partial charge in [0.1, 0.15) is 22.9 Å². The first-order chi connectivity index (χ1) is 12.7. The fourth-order valence-corrected chi connectivity index (χ4v) is 3.10. The third-order valence-corrected chi connectivity index (χ3v) is 4.37. The Bertz CT molecular complexity index is 981. The smallest absolute Gasteiger partial charge is 0.256 e. The highest BCUT2D eigenvalue weighted by Crippen LogP contribution is 2.26. The topological polar surface area (TPSA) is 92.6 Å². The summed E-state index contributed by atoms with van der Waals surface area (Å²) in [5, 5.41) is 13.6. The van der Waals surface area contributed by atoms with Crippen LogP contribution in [0.3, 0.4) is 0 Å². The van der Waals surface area contributed by atoms with Gasteiger partial charge in [0.2, 0.25) is 0 Å². The number of methoxy groups -OCH3 is 1. The van der Waals surface area contributed by atoms with Gasteiger partial charge in [0.05, 0.1) is 13.3 Å². The molecule has 1 aliphatic rings. The molecule has 0 atom stereocenters. The molecule has 4 bridgehead atoms. The van der Waals surface area contributed by atoms with Crippen LogP contribution in [0.4, 0.5) is 17.3 Å². The maximum absolute atomic E-state index is 12.5. The van der Waals surface area contributed by atoms with Gasteiger partial charge in [-0.15, -0.1) is 0 Å². The molecule has 4 rings (SSSR count). The highest BCUT2D eigenvalue weighted by Gasteiger charge is 2.17. The number of benzene rings is 1. The largest absolute Gasteiger partial charge is 0.497 e. The van der Waals surface area contributed by atoms with E-state index in [9.17, 15) is 4.79 Å². The first-order valence-electron chi connectivity index (χ1n) is 8.47. The Morgan fingerprint density at radius 1 is 1.27 bits per heavy atom. The van der Waals surface area contributed by atoms with Crippen LogP contribution in [0.25, 0.3) is 5.65 Å². The normalized spacial score (nSPS) is 14.0. The molecule has 1 aliphatic heterocycles. The Morgan fingerprint density at radius 3 is 2.96 bits per heavy atom. The second-order valence-corrected chi connectivity index (χ2v) is 6.12. The summed E-state index contributed by atoms with van der Waals surface area (Å²) in [5.41, 5.74) is 2.98. The standard InChI is InChI=1S/C18H20N6O2/c1-19-16-9-15-22-12-6-11(7-13(8-12)26-2)4-3-5-20-18(25)14-10-21-24(16)17(14)23-15/h6-10,19H,3-5H2,1-2H3,(H,20,25)(H,22,23). The van der Waals surface area contributed by atoms with Crippen molar-refractivity contribution in [1.82, 2.24) is 19.9 Å². The molecule has 0 saturated heterocycles. The fourth-order valence-electron chi connectivity index (χ4n) is 3.10. The van der Waals surface area contributed by atoms with Gasteiger partial charge in [-0.3, -0.25) is 4.79 Å². The molecule has 2 aromatic heterocycles. The van der Waals surface area contributed by atoms with E-state index in [2.05, 4.69) is 32.1 Å². The van der Waals surface area contributed by atoms with Crippen LogP contribution >= 0.6 is 0 Å². The minimum atomic E-state index is -0.171. The Labute approximate surface area is 150 Å². The van der Waals surface area contributed by atoms with Crippen LogP contribution in [0.5, 0.6) is 5.75 Å². The number of amides is 1. The van der Waals surface area contributed by atoms with Gasteiger partial charge in [0.25, 0.3) is 5.91 Å². The van der Waals surface area contributed by atoms with Crippen molar-refractivity contribution in [2.75, 3.05) is 31.3 Å². The number of fused-ring (bicyclic) bond motifs is 3. The summed E-state index contributed by atoms with van der Waals surface area (Å²) in [6.07, 6.45) is 3.21. The number of anilines is 3. The first-order valence-corrected chi connectivity index (χ1v) is 8.47. The zero-order valence-electron chi connectivity index (χ0n) is 14.7. The molecular formula is C18H20N6O2. The molecule has 0 aliphatic carbocycles. The number of carbonyl (C=O) groups is 1. The second kappa shape index (κ2) is 6.55. The van der Waals surface area contributed by atoms with Crippen LogP contribution < -0.4 is 20.7 Å². The van der Waals surface area contributed by atoms with Crippen molar-refractivity contribution >= 4 is 28.9 Å². The molecular weight excluding hydrogens is 332 g/mol. The van der Waals surface area contributed by atoms with E-state index < -0.39 is 0 Å². The fraction of sp³-hybridized carbons (Fsp3) is 0.278. The van der Waals surface area contributed by atoms with Crippen molar-refractivity contribution in [2.45, 2.75) is 12.8 Å². The number of ether oxygens (including phenoxy) is 1. The summed E-state index contributed by atoms with van der Waals surface area (Å²) in [4.78, 5) is 17.1. The summed E-state index contributed by atoms with van der Waals surface area (Å²) in [6.45, 7) is 0.578. The Hall–Kier alpha value is -3.29. The number of rotatable bonds is 2. The lowest BCUT2D eigenvalue weighted by Crippen LogP contribution is -2.24. The number of carbonyl (C=O) groups excluding carboxylic acids is 1. The highest BCUT2D eigenvalue weighted by molar-refractivity contribution is 6.00. The van der Waals surface area contributed by atoms with E-state index in [1.54, 1.807) is 24.9 Å². The number of aromatic nitrogens is 3. The van der Waals surface area contributed by atoms with Gasteiger partial charge in [-0.05, 0) is 30.5 Å². The van der Waals surface area contributed by atoms with E-state index in [-0.39, 0.29) is 5.91 Å². The number of hydrogen-bond donors (Lipinski definition) is 3. The van der Waals surface area contributed by atoms with Crippen molar-refractivity contribution in [3.8, 4) is 5.75 Å². The lowest BCUT2D eigenvalue weighted by Gasteiger charge is -2.12. The molecule has 3 aromatic rings. The van der Waals surface area contributed by atoms with E-state index in [0.717, 1.165) is 35.7 Å². The zero-order valence-corrected chi connectivity index (χ0v) is 14.7. The SMILES string of the molecule is CNc1cc2nc3c(cnn13)C(=O)NCCCc1cc(cc(OC)c1)N2. The molecule has 8 nitrogen and oxygen atoms in total. The highest BCUT2D eigenvalue weighted by atomic mass is 16.5. The molecule has 134 valence electrons. The summed E-state index contributed by atoms with van der Waals surface area (Å²) in [6, 6.07) is 7.86. The molecule has 3 N–H and O–H groups in total. The number of nitrogens with zero attached hydrogens (tertiary/aromatic N) is 3. The van der Waals surface area contributed by atoms with Crippen LogP contribution in [0.15, 0.2) is 30.5 Å². The Balaban J connectivity index is 1.88. The van der Waals surface area contributed by atoms with E-state index in [0.29, 0.717) is 23.6 Å². The van der Waals surface area contributed by atoms with Gasteiger partial charge in [-0.2, -0.15) is 9.61 Å². The predicted octanol–water partition coefficient (Wildman–Crippen LogP) is 2.20. The second-order valence-electron chi connectivity index (χ2n) is 6.12. The maximum Gasteiger partial charge on any atom is 0.256 e. The monoisotopic (exact) mass is 352 g/mol. The van der Waals surface area contributed by atoms with Gasteiger partial charge in [0, 0.05) is 31.4 Å². The minimum absolute atomic E-state index is 0.171. The van der Waals surface area contributed by atoms with Crippen LogP contribution in [-0.2, 0) is 6.42 Å². The molecule has 0 radical (unpaired) electrons. The minimum Gasteiger partial charge on any atom is -0.497 e. The van der Waals surface area contributed by atoms with E-state index in [1.807, 2.05) is 18.2 Å². The van der Waals surface area contributed by atoms with Gasteiger partial charge in [-0.25, -0.2) is 4.98 Å². The van der Waals surface area contributed by atoms with Crippen LogP contribution in [0.1, 0.15) is 22.3 Å². The zero-order chi connectivity index (χ0) is 18.1. The van der Waals surface area contributed by atoms with E-state index in [4.69, 9.17) is 4.74 Å². The molecule has 0 fully saturated rings. The van der Waals surface area contributed by atoms with E-state index in [1.165, 1.54) is 0 Å². The Kier molecular flexibility index (Phi) is 4.08. The first kappa shape index (κ1) is 16.2. The van der Waals surface area contributed by atoms with Crippen molar-refractivity contribution < 1.29 is 9.53 Å². The molecule has 3 heterocycles. The third-order valence-electron chi connectivity index (χ3n) is 4.37. The molecule has 0 unspecified atom stereocenters. The van der Waals surface area contributed by atoms with Crippen LogP contribution in [-0.4, -0.2) is 41.2 Å². The summed E-state index contributed by atoms with van der Waals surface area (Å²) < 4.78 is 7.03. The predicted molar refractivity (Wildman–Crippen MR) is 99.5 cm³/mol. The van der Waals surface area contributed by atoms with Crippen LogP contribution in [0.2, 0.25) is 0 Å². The average Bonchev–Trinajstić information content (AvgIpc) is 3.07. The average molecular weight is 352 g/mol. The number of nitrogens with one attached hydrogen (secondary N) is 3. The number of hydrogen-bond acceptors (Lipinski definition) is 6. The van der Waals surface area contributed by atoms with Crippen LogP contribution in [0, 0.1) is 0 Å². The van der Waals surface area contributed by atoms with Gasteiger partial charge < -0.3 is 20.7 Å². The van der Waals surface area contributed by atoms with Gasteiger partial charge in [0.15, 0.2) is 5.65 Å². The Morgan fingerprint density at radius 2 is 2.15 bits per heavy atom. The van der Waals surface area contributed by atoms with Gasteiger partial charge in [-0.1, -0.05) is 0 Å². The molecule has 1 aromatic carbocycles. The molecule has 1 amide bonds. The van der Waals surface area contributed by atoms with Crippen molar-refractivity contribution in [3.63, 3.8) is 0 Å². The lowest BCUT2D eigenvalue weighted by molar-refractivity contribution is 0.0954. The molecule has 8 heteroatoms. The third kappa shape index (κ3) is 2.90. The van der Waals surface area contributed by atoms with Crippen molar-refractivity contribution in [2.24, 2.45) is 0 Å². The van der Waals surface area contributed by atoms with Crippen molar-refractivity contribution in [3.05, 3.63) is 41.6 Å². The van der Waals surface area contributed by atoms with Gasteiger partial charge >= 0.3 is 0 Å².